The number of nitrogens with zero attached hydrogens (tertiary/aromatic N) is 1. The van der Waals surface area contributed by atoms with Crippen LogP contribution in [0.25, 0.3) is 44.2 Å². The Kier molecular flexibility index (Phi) is 7.39. The summed E-state index contributed by atoms with van der Waals surface area (Å²) in [5.74, 6) is 2.26. The number of hydrogen-bond donors (Lipinski definition) is 0. The molecule has 0 N–H and O–H groups in total. The lowest BCUT2D eigenvalue weighted by molar-refractivity contribution is 0.420. The van der Waals surface area contributed by atoms with Crippen LogP contribution in [-0.4, -0.2) is 0 Å². The Labute approximate surface area is 348 Å². The Morgan fingerprint density at radius 1 is 0.492 bits per heavy atom. The molecule has 8 aromatic carbocycles. The minimum Gasteiger partial charge on any atom is -0.310 e. The van der Waals surface area contributed by atoms with Gasteiger partial charge in [-0.2, -0.15) is 0 Å². The maximum Gasteiger partial charge on any atom is 0.0732 e. The van der Waals surface area contributed by atoms with Crippen LogP contribution < -0.4 is 4.90 Å². The summed E-state index contributed by atoms with van der Waals surface area (Å²) >= 11 is 0. The Bertz CT molecular complexity index is 2940. The summed E-state index contributed by atoms with van der Waals surface area (Å²) in [5.41, 5.74) is 21.6. The molecule has 0 aromatic heterocycles. The first kappa shape index (κ1) is 33.8. The second-order valence-corrected chi connectivity index (χ2v) is 18.2. The highest BCUT2D eigenvalue weighted by Gasteiger charge is 2.52. The molecule has 0 heterocycles. The largest absolute Gasteiger partial charge is 0.310 e. The zero-order chi connectivity index (χ0) is 38.7. The van der Waals surface area contributed by atoms with E-state index in [0.29, 0.717) is 5.92 Å². The maximum atomic E-state index is 2.62. The van der Waals surface area contributed by atoms with E-state index in [9.17, 15) is 0 Å². The van der Waals surface area contributed by atoms with E-state index >= 15 is 0 Å². The molecular formula is C58H47N. The van der Waals surface area contributed by atoms with Crippen molar-refractivity contribution in [2.24, 2.45) is 11.8 Å². The van der Waals surface area contributed by atoms with Crippen molar-refractivity contribution in [2.75, 3.05) is 4.90 Å². The average Bonchev–Trinajstić information content (AvgIpc) is 4.08. The van der Waals surface area contributed by atoms with Gasteiger partial charge in [0.1, 0.15) is 0 Å². The Morgan fingerprint density at radius 3 is 2.00 bits per heavy atom. The van der Waals surface area contributed by atoms with Crippen LogP contribution in [0, 0.1) is 11.8 Å². The third-order valence-electron chi connectivity index (χ3n) is 15.4. The van der Waals surface area contributed by atoms with E-state index in [0.717, 1.165) is 11.8 Å². The van der Waals surface area contributed by atoms with Gasteiger partial charge in [0.15, 0.2) is 0 Å². The smallest absolute Gasteiger partial charge is 0.0732 e. The van der Waals surface area contributed by atoms with E-state index in [2.05, 4.69) is 175 Å². The molecule has 8 aromatic rings. The molecule has 13 rings (SSSR count). The van der Waals surface area contributed by atoms with E-state index in [1.54, 1.807) is 5.56 Å². The number of anilines is 3. The quantitative estimate of drug-likeness (QED) is 0.169. The van der Waals surface area contributed by atoms with E-state index in [4.69, 9.17) is 0 Å². The Hall–Kier alpha value is -6.18. The third-order valence-corrected chi connectivity index (χ3v) is 15.4. The maximum absolute atomic E-state index is 2.62. The van der Waals surface area contributed by atoms with Gasteiger partial charge in [0.2, 0.25) is 0 Å². The molecule has 2 saturated carbocycles. The van der Waals surface area contributed by atoms with Crippen LogP contribution in [0.5, 0.6) is 0 Å². The predicted octanol–water partition coefficient (Wildman–Crippen LogP) is 15.1. The normalized spacial score (nSPS) is 20.0. The van der Waals surface area contributed by atoms with Gasteiger partial charge in [-0.1, -0.05) is 146 Å². The summed E-state index contributed by atoms with van der Waals surface area (Å²) in [5, 5.41) is 2.63. The Morgan fingerprint density at radius 2 is 1.19 bits per heavy atom. The van der Waals surface area contributed by atoms with Crippen LogP contribution in [0.1, 0.15) is 83.4 Å². The second kappa shape index (κ2) is 12.9. The first-order valence-electron chi connectivity index (χ1n) is 22.2. The molecule has 5 aliphatic carbocycles. The molecule has 1 heteroatoms. The molecule has 1 spiro atoms. The van der Waals surface area contributed by atoms with Crippen LogP contribution in [0.4, 0.5) is 17.1 Å². The van der Waals surface area contributed by atoms with E-state index in [-0.39, 0.29) is 0 Å². The molecule has 59 heavy (non-hydrogen) atoms. The van der Waals surface area contributed by atoms with Crippen LogP contribution in [0.2, 0.25) is 0 Å². The van der Waals surface area contributed by atoms with Crippen molar-refractivity contribution >= 4 is 27.8 Å². The lowest BCUT2D eigenvalue weighted by Gasteiger charge is -2.34. The number of rotatable bonds is 5. The highest BCUT2D eigenvalue weighted by atomic mass is 15.1. The number of para-hydroxylation sites is 1. The van der Waals surface area contributed by atoms with Crippen molar-refractivity contribution in [3.63, 3.8) is 0 Å². The van der Waals surface area contributed by atoms with Gasteiger partial charge < -0.3 is 4.90 Å². The summed E-state index contributed by atoms with van der Waals surface area (Å²) in [7, 11) is 0. The van der Waals surface area contributed by atoms with Crippen LogP contribution in [-0.2, 0) is 18.3 Å². The molecule has 0 amide bonds. The first-order valence-corrected chi connectivity index (χ1v) is 22.2. The van der Waals surface area contributed by atoms with Gasteiger partial charge >= 0.3 is 0 Å². The number of benzene rings is 8. The van der Waals surface area contributed by atoms with Gasteiger partial charge in [-0.3, -0.25) is 0 Å². The molecule has 0 aliphatic heterocycles. The van der Waals surface area contributed by atoms with Gasteiger partial charge in [0.05, 0.1) is 5.41 Å². The Balaban J connectivity index is 1.05. The van der Waals surface area contributed by atoms with Gasteiger partial charge in [-0.05, 0) is 176 Å². The van der Waals surface area contributed by atoms with Crippen molar-refractivity contribution in [3.8, 4) is 33.4 Å². The minimum atomic E-state index is -0.444. The first-order chi connectivity index (χ1) is 29.3. The zero-order valence-electron chi connectivity index (χ0n) is 33.5. The SMILES string of the molecule is c1ccc2c(c1)-c1ccccc1C21c2cc(N(c3ccc(-c4cccc5c4CCCC5)cc3)c3ccccc3C3CC4CCC3C4)ccc2-c2ccc3ccccc3c21. The standard InChI is InChI=1S/C58H47N/c1-3-15-44-38(12-1)14-11-20-45(44)40-26-29-42(30-27-40)59(56-23-10-7-19-50(56)52-35-37-24-25-41(52)34-37)43-31-33-49-51-32-28-39-13-2-4-16-46(39)57(51)58(55(49)36-43)53-21-8-5-17-47(53)48-18-6-9-22-54(48)58/h2,4-11,13-14,16-23,26-33,36-37,41,52H,1,3,12,15,24-25,34-35H2. The molecular weight excluding hydrogens is 711 g/mol. The van der Waals surface area contributed by atoms with Crippen molar-refractivity contribution in [3.05, 3.63) is 209 Å². The highest BCUT2D eigenvalue weighted by molar-refractivity contribution is 6.04. The van der Waals surface area contributed by atoms with E-state index in [1.165, 1.54) is 146 Å². The lowest BCUT2D eigenvalue weighted by atomic mass is 9.69. The molecule has 5 aliphatic rings. The van der Waals surface area contributed by atoms with Gasteiger partial charge in [0.25, 0.3) is 0 Å². The number of fused-ring (bicyclic) bond motifs is 15. The van der Waals surface area contributed by atoms with Gasteiger partial charge in [0, 0.05) is 17.1 Å². The van der Waals surface area contributed by atoms with E-state index < -0.39 is 5.41 Å². The summed E-state index contributed by atoms with van der Waals surface area (Å²) < 4.78 is 0. The summed E-state index contributed by atoms with van der Waals surface area (Å²) in [6.45, 7) is 0. The van der Waals surface area contributed by atoms with E-state index in [1.807, 2.05) is 0 Å². The molecule has 284 valence electrons. The summed E-state index contributed by atoms with van der Waals surface area (Å²) in [4.78, 5) is 2.62. The topological polar surface area (TPSA) is 3.24 Å². The van der Waals surface area contributed by atoms with Crippen molar-refractivity contribution in [1.82, 2.24) is 0 Å². The van der Waals surface area contributed by atoms with Gasteiger partial charge in [-0.15, -0.1) is 0 Å². The fraction of sp³-hybridized carbons (Fsp3) is 0.207. The number of hydrogen-bond acceptors (Lipinski definition) is 1. The zero-order valence-corrected chi connectivity index (χ0v) is 33.5. The third kappa shape index (κ3) is 4.79. The molecule has 3 unspecified atom stereocenters. The number of aryl methyl sites for hydroxylation is 1. The molecule has 3 atom stereocenters. The molecule has 2 bridgehead atoms. The monoisotopic (exact) mass is 757 g/mol. The fourth-order valence-corrected chi connectivity index (χ4v) is 12.9. The fourth-order valence-electron chi connectivity index (χ4n) is 12.9. The molecule has 2 fully saturated rings. The average molecular weight is 758 g/mol. The molecule has 0 radical (unpaired) electrons. The minimum absolute atomic E-state index is 0.444. The van der Waals surface area contributed by atoms with Gasteiger partial charge in [-0.25, -0.2) is 0 Å². The van der Waals surface area contributed by atoms with Crippen LogP contribution >= 0.6 is 0 Å². The second-order valence-electron chi connectivity index (χ2n) is 18.2. The predicted molar refractivity (Wildman–Crippen MR) is 245 cm³/mol. The molecule has 0 saturated heterocycles. The van der Waals surface area contributed by atoms with Crippen molar-refractivity contribution < 1.29 is 0 Å². The van der Waals surface area contributed by atoms with Crippen LogP contribution in [0.3, 0.4) is 0 Å². The van der Waals surface area contributed by atoms with Crippen molar-refractivity contribution in [2.45, 2.75) is 62.7 Å². The summed E-state index contributed by atoms with van der Waals surface area (Å²) in [6, 6.07) is 65.7. The van der Waals surface area contributed by atoms with Crippen LogP contribution in [0.15, 0.2) is 170 Å². The highest BCUT2D eigenvalue weighted by Crippen LogP contribution is 2.65. The molecule has 1 nitrogen and oxygen atoms in total. The van der Waals surface area contributed by atoms with Crippen molar-refractivity contribution in [1.29, 1.82) is 0 Å². The lowest BCUT2D eigenvalue weighted by Crippen LogP contribution is -2.26. The summed E-state index contributed by atoms with van der Waals surface area (Å²) in [6.07, 6.45) is 10.4.